The van der Waals surface area contributed by atoms with Crippen molar-refractivity contribution in [2.75, 3.05) is 19.8 Å². The van der Waals surface area contributed by atoms with Gasteiger partial charge in [0.2, 0.25) is 0 Å². The van der Waals surface area contributed by atoms with Crippen LogP contribution in [0.25, 0.3) is 11.1 Å². The van der Waals surface area contributed by atoms with Crippen molar-refractivity contribution in [3.63, 3.8) is 0 Å². The molecule has 24 heavy (non-hydrogen) atoms. The highest BCUT2D eigenvalue weighted by atomic mass is 16.5. The Morgan fingerprint density at radius 3 is 2.71 bits per heavy atom. The molecule has 122 valence electrons. The van der Waals surface area contributed by atoms with Gasteiger partial charge in [-0.25, -0.2) is 0 Å². The van der Waals surface area contributed by atoms with Crippen LogP contribution in [0.4, 0.5) is 0 Å². The molecule has 0 aliphatic carbocycles. The molecule has 2 aromatic rings. The average Bonchev–Trinajstić information content (AvgIpc) is 2.67. The van der Waals surface area contributed by atoms with Crippen molar-refractivity contribution < 1.29 is 9.53 Å². The second-order valence-electron chi connectivity index (χ2n) is 6.03. The second-order valence-corrected chi connectivity index (χ2v) is 6.03. The van der Waals surface area contributed by atoms with Crippen molar-refractivity contribution in [3.8, 4) is 17.2 Å². The third-order valence-corrected chi connectivity index (χ3v) is 4.31. The number of ether oxygens (including phenoxy) is 1. The van der Waals surface area contributed by atoms with Crippen LogP contribution >= 0.6 is 0 Å². The van der Waals surface area contributed by atoms with Gasteiger partial charge in [0, 0.05) is 18.7 Å². The first-order valence-electron chi connectivity index (χ1n) is 8.23. The Labute approximate surface area is 142 Å². The number of nitrogens with zero attached hydrogens (tertiary/aromatic N) is 1. The molecule has 4 heteroatoms. The van der Waals surface area contributed by atoms with E-state index in [4.69, 9.17) is 4.74 Å². The highest BCUT2D eigenvalue weighted by Crippen LogP contribution is 2.23. The van der Waals surface area contributed by atoms with E-state index in [1.165, 1.54) is 0 Å². The predicted octanol–water partition coefficient (Wildman–Crippen LogP) is 3.38. The van der Waals surface area contributed by atoms with Crippen LogP contribution in [-0.4, -0.2) is 25.7 Å². The van der Waals surface area contributed by atoms with Crippen LogP contribution in [0, 0.1) is 17.2 Å². The molecule has 1 atom stereocenters. The number of hydrogen-bond acceptors (Lipinski definition) is 3. The van der Waals surface area contributed by atoms with Gasteiger partial charge >= 0.3 is 0 Å². The van der Waals surface area contributed by atoms with E-state index in [0.717, 1.165) is 37.2 Å². The molecule has 1 aliphatic rings. The van der Waals surface area contributed by atoms with Crippen molar-refractivity contribution >= 4 is 5.91 Å². The molecule has 0 aromatic heterocycles. The summed E-state index contributed by atoms with van der Waals surface area (Å²) in [5.74, 6) is 0.338. The van der Waals surface area contributed by atoms with E-state index in [1.54, 1.807) is 18.2 Å². The summed E-state index contributed by atoms with van der Waals surface area (Å²) in [4.78, 5) is 12.3. The number of nitrogens with one attached hydrogen (secondary N) is 1. The van der Waals surface area contributed by atoms with Gasteiger partial charge in [-0.2, -0.15) is 5.26 Å². The lowest BCUT2D eigenvalue weighted by Crippen LogP contribution is -2.33. The van der Waals surface area contributed by atoms with Crippen molar-refractivity contribution in [2.24, 2.45) is 5.92 Å². The number of carbonyl (C=O) groups excluding carboxylic acids is 1. The van der Waals surface area contributed by atoms with Crippen LogP contribution in [0.5, 0.6) is 0 Å². The highest BCUT2D eigenvalue weighted by molar-refractivity contribution is 5.94. The summed E-state index contributed by atoms with van der Waals surface area (Å²) in [5.41, 5.74) is 3.08. The third-order valence-electron chi connectivity index (χ3n) is 4.31. The molecule has 0 saturated carbocycles. The molecule has 0 bridgehead atoms. The minimum absolute atomic E-state index is 0.0688. The van der Waals surface area contributed by atoms with E-state index in [0.29, 0.717) is 23.6 Å². The normalized spacial score (nSPS) is 17.0. The van der Waals surface area contributed by atoms with Gasteiger partial charge in [-0.3, -0.25) is 4.79 Å². The number of nitriles is 1. The van der Waals surface area contributed by atoms with E-state index in [9.17, 15) is 10.1 Å². The molecule has 1 heterocycles. The molecule has 2 aromatic carbocycles. The lowest BCUT2D eigenvalue weighted by atomic mass is 9.99. The van der Waals surface area contributed by atoms with E-state index in [2.05, 4.69) is 11.4 Å². The topological polar surface area (TPSA) is 62.1 Å². The van der Waals surface area contributed by atoms with Gasteiger partial charge in [0.25, 0.3) is 5.91 Å². The monoisotopic (exact) mass is 320 g/mol. The third kappa shape index (κ3) is 3.81. The summed E-state index contributed by atoms with van der Waals surface area (Å²) < 4.78 is 5.43. The van der Waals surface area contributed by atoms with E-state index < -0.39 is 0 Å². The summed E-state index contributed by atoms with van der Waals surface area (Å²) in [6.45, 7) is 2.21. The van der Waals surface area contributed by atoms with Gasteiger partial charge in [0.15, 0.2) is 0 Å². The molecule has 1 aliphatic heterocycles. The first-order valence-corrected chi connectivity index (χ1v) is 8.23. The maximum Gasteiger partial charge on any atom is 0.251 e. The summed E-state index contributed by atoms with van der Waals surface area (Å²) in [7, 11) is 0. The van der Waals surface area contributed by atoms with Crippen molar-refractivity contribution in [2.45, 2.75) is 12.8 Å². The van der Waals surface area contributed by atoms with Crippen LogP contribution in [-0.2, 0) is 4.74 Å². The molecule has 1 N–H and O–H groups in total. The fourth-order valence-corrected chi connectivity index (χ4v) is 2.94. The number of rotatable bonds is 4. The second kappa shape index (κ2) is 7.76. The molecule has 1 unspecified atom stereocenters. The first-order chi connectivity index (χ1) is 11.8. The zero-order valence-corrected chi connectivity index (χ0v) is 13.5. The SMILES string of the molecule is N#Cc1ccccc1-c1ccc(C(=O)NCC2CCCOC2)cc1. The minimum atomic E-state index is -0.0688. The fourth-order valence-electron chi connectivity index (χ4n) is 2.94. The first kappa shape index (κ1) is 16.2. The standard InChI is InChI=1S/C20H20N2O2/c21-12-18-5-1-2-6-19(18)16-7-9-17(10-8-16)20(23)22-13-15-4-3-11-24-14-15/h1-2,5-10,15H,3-4,11,13-14H2,(H,22,23). The Kier molecular flexibility index (Phi) is 5.25. The van der Waals surface area contributed by atoms with Gasteiger partial charge in [0.05, 0.1) is 18.2 Å². The Hall–Kier alpha value is -2.64. The van der Waals surface area contributed by atoms with Gasteiger partial charge in [-0.05, 0) is 48.1 Å². The number of carbonyl (C=O) groups is 1. The zero-order valence-electron chi connectivity index (χ0n) is 13.5. The maximum atomic E-state index is 12.3. The molecule has 1 fully saturated rings. The summed E-state index contributed by atoms with van der Waals surface area (Å²) >= 11 is 0. The molecular weight excluding hydrogens is 300 g/mol. The summed E-state index contributed by atoms with van der Waals surface area (Å²) in [6.07, 6.45) is 2.16. The average molecular weight is 320 g/mol. The minimum Gasteiger partial charge on any atom is -0.381 e. The molecule has 1 amide bonds. The molecule has 0 radical (unpaired) electrons. The zero-order chi connectivity index (χ0) is 16.8. The number of amides is 1. The molecule has 3 rings (SSSR count). The van der Waals surface area contributed by atoms with Crippen molar-refractivity contribution in [1.29, 1.82) is 5.26 Å². The van der Waals surface area contributed by atoms with E-state index >= 15 is 0 Å². The van der Waals surface area contributed by atoms with E-state index in [-0.39, 0.29) is 5.91 Å². The van der Waals surface area contributed by atoms with Gasteiger partial charge in [0.1, 0.15) is 0 Å². The number of hydrogen-bond donors (Lipinski definition) is 1. The lowest BCUT2D eigenvalue weighted by Gasteiger charge is -2.22. The molecule has 1 saturated heterocycles. The molecule has 4 nitrogen and oxygen atoms in total. The summed E-state index contributed by atoms with van der Waals surface area (Å²) in [5, 5.41) is 12.2. The van der Waals surface area contributed by atoms with Gasteiger partial charge in [-0.1, -0.05) is 30.3 Å². The van der Waals surface area contributed by atoms with E-state index in [1.807, 2.05) is 30.3 Å². The molecule has 0 spiro atoms. The van der Waals surface area contributed by atoms with Crippen LogP contribution in [0.3, 0.4) is 0 Å². The Morgan fingerprint density at radius 1 is 1.21 bits per heavy atom. The van der Waals surface area contributed by atoms with Crippen molar-refractivity contribution in [3.05, 3.63) is 59.7 Å². The Bertz CT molecular complexity index is 741. The van der Waals surface area contributed by atoms with Crippen molar-refractivity contribution in [1.82, 2.24) is 5.32 Å². The molecular formula is C20H20N2O2. The van der Waals surface area contributed by atoms with Crippen LogP contribution in [0.1, 0.15) is 28.8 Å². The van der Waals surface area contributed by atoms with Crippen LogP contribution in [0.15, 0.2) is 48.5 Å². The summed E-state index contributed by atoms with van der Waals surface area (Å²) in [6, 6.07) is 17.0. The smallest absolute Gasteiger partial charge is 0.251 e. The Balaban J connectivity index is 1.65. The Morgan fingerprint density at radius 2 is 2.00 bits per heavy atom. The predicted molar refractivity (Wildman–Crippen MR) is 92.5 cm³/mol. The fraction of sp³-hybridized carbons (Fsp3) is 0.300. The van der Waals surface area contributed by atoms with Gasteiger partial charge in [-0.15, -0.1) is 0 Å². The van der Waals surface area contributed by atoms with Gasteiger partial charge < -0.3 is 10.1 Å². The highest BCUT2D eigenvalue weighted by Gasteiger charge is 2.15. The lowest BCUT2D eigenvalue weighted by molar-refractivity contribution is 0.0536. The largest absolute Gasteiger partial charge is 0.381 e. The quantitative estimate of drug-likeness (QED) is 0.939. The number of benzene rings is 2. The van der Waals surface area contributed by atoms with Crippen LogP contribution in [0.2, 0.25) is 0 Å². The maximum absolute atomic E-state index is 12.3. The van der Waals surface area contributed by atoms with Crippen LogP contribution < -0.4 is 5.32 Å².